The van der Waals surface area contributed by atoms with E-state index in [1.54, 1.807) is 7.11 Å². The molecule has 0 aromatic heterocycles. The highest BCUT2D eigenvalue weighted by Crippen LogP contribution is 2.54. The van der Waals surface area contributed by atoms with Gasteiger partial charge in [-0.15, -0.1) is 0 Å². The van der Waals surface area contributed by atoms with E-state index in [1.807, 2.05) is 12.1 Å². The van der Waals surface area contributed by atoms with Gasteiger partial charge in [0.05, 0.1) is 7.11 Å². The molecule has 86 valence electrons. The second kappa shape index (κ2) is 3.96. The largest absolute Gasteiger partial charge is 0.496 e. The number of rotatable bonds is 2. The Morgan fingerprint density at radius 2 is 2.12 bits per heavy atom. The Labute approximate surface area is 102 Å². The van der Waals surface area contributed by atoms with Crippen LogP contribution in [0.15, 0.2) is 18.2 Å². The SMILES string of the molecule is COc1ccc(Cl)cc1C1CC2CCC1C2. The van der Waals surface area contributed by atoms with Gasteiger partial charge in [-0.3, -0.25) is 0 Å². The van der Waals surface area contributed by atoms with E-state index in [-0.39, 0.29) is 0 Å². The Hall–Kier alpha value is -0.690. The number of fused-ring (bicyclic) bond motifs is 2. The standard InChI is InChI=1S/C14H17ClO/c1-16-14-5-4-11(15)8-13(14)12-7-9-2-3-10(12)6-9/h4-5,8-10,12H,2-3,6-7H2,1H3. The van der Waals surface area contributed by atoms with Crippen LogP contribution < -0.4 is 4.74 Å². The van der Waals surface area contributed by atoms with E-state index in [0.717, 1.165) is 22.6 Å². The molecule has 2 aliphatic carbocycles. The Morgan fingerprint density at radius 1 is 1.25 bits per heavy atom. The van der Waals surface area contributed by atoms with Crippen molar-refractivity contribution in [2.45, 2.75) is 31.6 Å². The van der Waals surface area contributed by atoms with Crippen molar-refractivity contribution in [2.24, 2.45) is 11.8 Å². The van der Waals surface area contributed by atoms with Gasteiger partial charge in [0.2, 0.25) is 0 Å². The Morgan fingerprint density at radius 3 is 2.75 bits per heavy atom. The molecule has 0 N–H and O–H groups in total. The number of ether oxygens (including phenoxy) is 1. The smallest absolute Gasteiger partial charge is 0.122 e. The predicted octanol–water partition coefficient (Wildman–Crippen LogP) is 4.25. The first-order valence-corrected chi connectivity index (χ1v) is 6.49. The average Bonchev–Trinajstić information content (AvgIpc) is 2.90. The van der Waals surface area contributed by atoms with Gasteiger partial charge in [-0.2, -0.15) is 0 Å². The summed E-state index contributed by atoms with van der Waals surface area (Å²) in [5.74, 6) is 3.53. The fourth-order valence-corrected chi connectivity index (χ4v) is 3.80. The van der Waals surface area contributed by atoms with E-state index in [2.05, 4.69) is 6.07 Å². The van der Waals surface area contributed by atoms with Crippen molar-refractivity contribution in [1.29, 1.82) is 0 Å². The summed E-state index contributed by atoms with van der Waals surface area (Å²) in [7, 11) is 1.75. The number of hydrogen-bond acceptors (Lipinski definition) is 1. The summed E-state index contributed by atoms with van der Waals surface area (Å²) in [6, 6.07) is 6.02. The van der Waals surface area contributed by atoms with Gasteiger partial charge < -0.3 is 4.74 Å². The maximum atomic E-state index is 6.10. The van der Waals surface area contributed by atoms with E-state index in [4.69, 9.17) is 16.3 Å². The van der Waals surface area contributed by atoms with E-state index < -0.39 is 0 Å². The molecule has 0 radical (unpaired) electrons. The minimum absolute atomic E-state index is 0.687. The highest BCUT2D eigenvalue weighted by Gasteiger charge is 2.41. The van der Waals surface area contributed by atoms with Crippen molar-refractivity contribution in [3.8, 4) is 5.75 Å². The lowest BCUT2D eigenvalue weighted by Gasteiger charge is -2.24. The van der Waals surface area contributed by atoms with Crippen molar-refractivity contribution >= 4 is 11.6 Å². The van der Waals surface area contributed by atoms with Gasteiger partial charge in [0.1, 0.15) is 5.75 Å². The molecule has 1 aromatic carbocycles. The van der Waals surface area contributed by atoms with E-state index in [9.17, 15) is 0 Å². The molecule has 0 spiro atoms. The van der Waals surface area contributed by atoms with Crippen LogP contribution in [0.4, 0.5) is 0 Å². The third-order valence-corrected chi connectivity index (χ3v) is 4.56. The van der Waals surface area contributed by atoms with Crippen molar-refractivity contribution in [3.63, 3.8) is 0 Å². The molecule has 2 saturated carbocycles. The summed E-state index contributed by atoms with van der Waals surface area (Å²) in [6.07, 6.45) is 5.58. The molecular weight excluding hydrogens is 220 g/mol. The lowest BCUT2D eigenvalue weighted by Crippen LogP contribution is -2.09. The van der Waals surface area contributed by atoms with Crippen molar-refractivity contribution in [2.75, 3.05) is 7.11 Å². The number of methoxy groups -OCH3 is 1. The fourth-order valence-electron chi connectivity index (χ4n) is 3.62. The summed E-state index contributed by atoms with van der Waals surface area (Å²) in [5, 5.41) is 0.832. The normalized spacial score (nSPS) is 32.0. The molecule has 3 atom stereocenters. The maximum absolute atomic E-state index is 6.10. The van der Waals surface area contributed by atoms with Gasteiger partial charge in [0.15, 0.2) is 0 Å². The molecule has 2 fully saturated rings. The van der Waals surface area contributed by atoms with E-state index >= 15 is 0 Å². The number of benzene rings is 1. The number of hydrogen-bond donors (Lipinski definition) is 0. The van der Waals surface area contributed by atoms with Crippen molar-refractivity contribution < 1.29 is 4.74 Å². The fraction of sp³-hybridized carbons (Fsp3) is 0.571. The first-order chi connectivity index (χ1) is 7.78. The highest BCUT2D eigenvalue weighted by atomic mass is 35.5. The second-order valence-corrected chi connectivity index (χ2v) is 5.60. The Balaban J connectivity index is 1.96. The predicted molar refractivity (Wildman–Crippen MR) is 66.2 cm³/mol. The molecule has 3 rings (SSSR count). The molecule has 0 heterocycles. The summed E-state index contributed by atoms with van der Waals surface area (Å²) >= 11 is 6.10. The van der Waals surface area contributed by atoms with Crippen LogP contribution in [-0.2, 0) is 0 Å². The lowest BCUT2D eigenvalue weighted by molar-refractivity contribution is 0.378. The van der Waals surface area contributed by atoms with Crippen LogP contribution >= 0.6 is 11.6 Å². The summed E-state index contributed by atoms with van der Waals surface area (Å²) in [5.41, 5.74) is 1.34. The topological polar surface area (TPSA) is 9.23 Å². The zero-order valence-electron chi connectivity index (χ0n) is 9.58. The molecule has 1 aromatic rings. The quantitative estimate of drug-likeness (QED) is 0.746. The first kappa shape index (κ1) is 10.5. The van der Waals surface area contributed by atoms with Crippen LogP contribution in [0.25, 0.3) is 0 Å². The molecule has 2 bridgehead atoms. The van der Waals surface area contributed by atoms with Gasteiger partial charge in [-0.05, 0) is 60.8 Å². The molecule has 3 unspecified atom stereocenters. The van der Waals surface area contributed by atoms with Gasteiger partial charge in [0.25, 0.3) is 0 Å². The zero-order chi connectivity index (χ0) is 11.1. The summed E-state index contributed by atoms with van der Waals surface area (Å²) in [4.78, 5) is 0. The molecule has 0 amide bonds. The highest BCUT2D eigenvalue weighted by molar-refractivity contribution is 6.30. The molecule has 2 heteroatoms. The summed E-state index contributed by atoms with van der Waals surface area (Å²) in [6.45, 7) is 0. The first-order valence-electron chi connectivity index (χ1n) is 6.11. The van der Waals surface area contributed by atoms with Crippen LogP contribution in [0, 0.1) is 11.8 Å². The average molecular weight is 237 g/mol. The third kappa shape index (κ3) is 1.62. The van der Waals surface area contributed by atoms with Crippen LogP contribution in [0.1, 0.15) is 37.2 Å². The van der Waals surface area contributed by atoms with Crippen LogP contribution in [0.2, 0.25) is 5.02 Å². The van der Waals surface area contributed by atoms with E-state index in [0.29, 0.717) is 5.92 Å². The van der Waals surface area contributed by atoms with Gasteiger partial charge >= 0.3 is 0 Å². The monoisotopic (exact) mass is 236 g/mol. The maximum Gasteiger partial charge on any atom is 0.122 e. The summed E-state index contributed by atoms with van der Waals surface area (Å²) < 4.78 is 5.46. The van der Waals surface area contributed by atoms with Gasteiger partial charge in [-0.25, -0.2) is 0 Å². The Bertz CT molecular complexity index is 402. The van der Waals surface area contributed by atoms with Crippen LogP contribution in [-0.4, -0.2) is 7.11 Å². The molecule has 0 saturated heterocycles. The molecule has 16 heavy (non-hydrogen) atoms. The molecule has 2 aliphatic rings. The van der Waals surface area contributed by atoms with Gasteiger partial charge in [-0.1, -0.05) is 18.0 Å². The minimum Gasteiger partial charge on any atom is -0.496 e. The van der Waals surface area contributed by atoms with Crippen molar-refractivity contribution in [3.05, 3.63) is 28.8 Å². The molecule has 0 aliphatic heterocycles. The molecule has 1 nitrogen and oxygen atoms in total. The third-order valence-electron chi connectivity index (χ3n) is 4.33. The van der Waals surface area contributed by atoms with Gasteiger partial charge in [0, 0.05) is 5.02 Å². The zero-order valence-corrected chi connectivity index (χ0v) is 10.3. The number of halogens is 1. The lowest BCUT2D eigenvalue weighted by atomic mass is 9.83. The second-order valence-electron chi connectivity index (χ2n) is 5.17. The van der Waals surface area contributed by atoms with E-state index in [1.165, 1.54) is 31.2 Å². The van der Waals surface area contributed by atoms with Crippen molar-refractivity contribution in [1.82, 2.24) is 0 Å². The minimum atomic E-state index is 0.687. The van der Waals surface area contributed by atoms with Crippen LogP contribution in [0.5, 0.6) is 5.75 Å². The Kier molecular flexibility index (Phi) is 2.59. The van der Waals surface area contributed by atoms with Crippen LogP contribution in [0.3, 0.4) is 0 Å². The molecular formula is C14H17ClO.